The number of hydrogen-bond acceptors (Lipinski definition) is 3. The van der Waals surface area contributed by atoms with E-state index in [9.17, 15) is 4.79 Å². The zero-order valence-corrected chi connectivity index (χ0v) is 10.2. The Hall–Kier alpha value is -2.17. The van der Waals surface area contributed by atoms with Gasteiger partial charge in [-0.25, -0.2) is 4.68 Å². The van der Waals surface area contributed by atoms with Crippen LogP contribution in [0.15, 0.2) is 23.0 Å². The smallest absolute Gasteiger partial charge is 0.294 e. The molecule has 0 saturated heterocycles. The van der Waals surface area contributed by atoms with Gasteiger partial charge in [0.15, 0.2) is 0 Å². The summed E-state index contributed by atoms with van der Waals surface area (Å²) in [6.07, 6.45) is 0. The summed E-state index contributed by atoms with van der Waals surface area (Å²) in [6.45, 7) is 3.76. The topological polar surface area (TPSA) is 79.0 Å². The maximum Gasteiger partial charge on any atom is 0.294 e. The van der Waals surface area contributed by atoms with Crippen LogP contribution in [-0.2, 0) is 7.05 Å². The van der Waals surface area contributed by atoms with Crippen molar-refractivity contribution in [2.45, 2.75) is 13.8 Å². The summed E-state index contributed by atoms with van der Waals surface area (Å²) in [7, 11) is 1.78. The van der Waals surface area contributed by atoms with Crippen LogP contribution in [0.2, 0.25) is 0 Å². The molecule has 0 aliphatic heterocycles. The number of aromatic nitrogens is 2. The lowest BCUT2D eigenvalue weighted by Crippen LogP contribution is -2.21. The van der Waals surface area contributed by atoms with E-state index in [1.165, 1.54) is 4.68 Å². The maximum atomic E-state index is 12.0. The van der Waals surface area contributed by atoms with Crippen molar-refractivity contribution in [2.75, 3.05) is 11.5 Å². The van der Waals surface area contributed by atoms with Gasteiger partial charge in [-0.05, 0) is 31.5 Å². The molecule has 0 radical (unpaired) electrons. The van der Waals surface area contributed by atoms with E-state index in [-0.39, 0.29) is 11.2 Å². The third-order valence-corrected chi connectivity index (χ3v) is 3.01. The first-order chi connectivity index (χ1) is 7.93. The van der Waals surface area contributed by atoms with Crippen molar-refractivity contribution in [3.63, 3.8) is 0 Å². The molecule has 0 fully saturated rings. The molecule has 1 aromatic carbocycles. The Kier molecular flexibility index (Phi) is 2.46. The fraction of sp³-hybridized carbons (Fsp3) is 0.250. The first-order valence-corrected chi connectivity index (χ1v) is 5.34. The lowest BCUT2D eigenvalue weighted by molar-refractivity contribution is 0.631. The van der Waals surface area contributed by atoms with Gasteiger partial charge in [0.1, 0.15) is 5.69 Å². The van der Waals surface area contributed by atoms with Gasteiger partial charge in [0.05, 0.1) is 17.1 Å². The van der Waals surface area contributed by atoms with E-state index < -0.39 is 0 Å². The van der Waals surface area contributed by atoms with Gasteiger partial charge in [0.2, 0.25) is 0 Å². The number of rotatable bonds is 1. The molecule has 0 bridgehead atoms. The van der Waals surface area contributed by atoms with Gasteiger partial charge in [-0.2, -0.15) is 0 Å². The molecule has 0 unspecified atom stereocenters. The first-order valence-electron chi connectivity index (χ1n) is 5.34. The summed E-state index contributed by atoms with van der Waals surface area (Å²) in [5.41, 5.74) is 14.7. The van der Waals surface area contributed by atoms with Crippen molar-refractivity contribution in [3.8, 4) is 5.69 Å². The van der Waals surface area contributed by atoms with Crippen molar-refractivity contribution >= 4 is 11.4 Å². The highest BCUT2D eigenvalue weighted by molar-refractivity contribution is 5.60. The average molecular weight is 232 g/mol. The molecular formula is C12H16N4O. The fourth-order valence-electron chi connectivity index (χ4n) is 1.87. The number of aryl methyl sites for hydroxylation is 1. The monoisotopic (exact) mass is 232 g/mol. The third-order valence-electron chi connectivity index (χ3n) is 3.01. The van der Waals surface area contributed by atoms with Gasteiger partial charge in [-0.1, -0.05) is 6.07 Å². The molecule has 0 atom stereocenters. The van der Waals surface area contributed by atoms with E-state index in [1.54, 1.807) is 18.7 Å². The second kappa shape index (κ2) is 3.69. The molecule has 5 heteroatoms. The average Bonchev–Trinajstić information content (AvgIpc) is 2.45. The van der Waals surface area contributed by atoms with Crippen LogP contribution in [0, 0.1) is 13.8 Å². The Bertz CT molecular complexity index is 637. The highest BCUT2D eigenvalue weighted by Crippen LogP contribution is 2.19. The van der Waals surface area contributed by atoms with E-state index >= 15 is 0 Å². The minimum absolute atomic E-state index is 0.236. The van der Waals surface area contributed by atoms with Crippen molar-refractivity contribution < 1.29 is 0 Å². The lowest BCUT2D eigenvalue weighted by Gasteiger charge is -2.11. The molecule has 2 rings (SSSR count). The Morgan fingerprint density at radius 1 is 1.18 bits per heavy atom. The predicted octanol–water partition coefficient (Wildman–Crippen LogP) is 0.957. The van der Waals surface area contributed by atoms with Gasteiger partial charge in [-0.3, -0.25) is 9.48 Å². The molecule has 0 aliphatic carbocycles. The number of nitrogens with zero attached hydrogens (tertiary/aromatic N) is 2. The van der Waals surface area contributed by atoms with Crippen LogP contribution in [0.3, 0.4) is 0 Å². The quantitative estimate of drug-likeness (QED) is 0.719. The zero-order valence-electron chi connectivity index (χ0n) is 10.2. The van der Waals surface area contributed by atoms with Gasteiger partial charge in [0, 0.05) is 7.05 Å². The van der Waals surface area contributed by atoms with Crippen LogP contribution in [0.25, 0.3) is 5.69 Å². The Morgan fingerprint density at radius 3 is 2.29 bits per heavy atom. The normalized spacial score (nSPS) is 10.8. The second-order valence-electron chi connectivity index (χ2n) is 4.20. The molecule has 0 saturated carbocycles. The Balaban J connectivity index is 2.78. The van der Waals surface area contributed by atoms with E-state index in [1.807, 2.05) is 25.1 Å². The standard InChI is InChI=1S/C12H16N4O/c1-7-4-5-10(9(13)6-7)16-12(17)11(14)8(2)15(16)3/h4-6H,13-14H2,1-3H3. The Morgan fingerprint density at radius 2 is 1.82 bits per heavy atom. The molecule has 0 spiro atoms. The molecule has 4 N–H and O–H groups in total. The molecule has 2 aromatic rings. The summed E-state index contributed by atoms with van der Waals surface area (Å²) in [6, 6.07) is 5.57. The highest BCUT2D eigenvalue weighted by Gasteiger charge is 2.14. The second-order valence-corrected chi connectivity index (χ2v) is 4.20. The van der Waals surface area contributed by atoms with Crippen LogP contribution >= 0.6 is 0 Å². The number of hydrogen-bond donors (Lipinski definition) is 2. The number of nitrogens with two attached hydrogens (primary N) is 2. The highest BCUT2D eigenvalue weighted by atomic mass is 16.1. The fourth-order valence-corrected chi connectivity index (χ4v) is 1.87. The maximum absolute atomic E-state index is 12.0. The molecule has 17 heavy (non-hydrogen) atoms. The molecule has 1 heterocycles. The van der Waals surface area contributed by atoms with E-state index in [2.05, 4.69) is 0 Å². The summed E-state index contributed by atoms with van der Waals surface area (Å²) >= 11 is 0. The van der Waals surface area contributed by atoms with E-state index in [0.717, 1.165) is 11.3 Å². The van der Waals surface area contributed by atoms with E-state index in [0.29, 0.717) is 11.4 Å². The third kappa shape index (κ3) is 1.60. The summed E-state index contributed by atoms with van der Waals surface area (Å²) in [5, 5.41) is 0. The summed E-state index contributed by atoms with van der Waals surface area (Å²) in [4.78, 5) is 12.0. The van der Waals surface area contributed by atoms with E-state index in [4.69, 9.17) is 11.5 Å². The number of benzene rings is 1. The van der Waals surface area contributed by atoms with Crippen molar-refractivity contribution in [1.82, 2.24) is 9.36 Å². The van der Waals surface area contributed by atoms with Crippen LogP contribution in [0.5, 0.6) is 0 Å². The zero-order chi connectivity index (χ0) is 12.7. The van der Waals surface area contributed by atoms with Gasteiger partial charge in [-0.15, -0.1) is 0 Å². The minimum atomic E-state index is -0.236. The molecule has 1 aromatic heterocycles. The SMILES string of the molecule is Cc1ccc(-n2c(=O)c(N)c(C)n2C)c(N)c1. The number of nitrogen functional groups attached to an aromatic ring is 2. The van der Waals surface area contributed by atoms with Crippen LogP contribution in [0.4, 0.5) is 11.4 Å². The molecule has 0 aliphatic rings. The summed E-state index contributed by atoms with van der Waals surface area (Å²) < 4.78 is 3.19. The van der Waals surface area contributed by atoms with Crippen molar-refractivity contribution in [1.29, 1.82) is 0 Å². The molecule has 5 nitrogen and oxygen atoms in total. The predicted molar refractivity (Wildman–Crippen MR) is 69.3 cm³/mol. The number of anilines is 2. The largest absolute Gasteiger partial charge is 0.397 e. The molecular weight excluding hydrogens is 216 g/mol. The van der Waals surface area contributed by atoms with Gasteiger partial charge >= 0.3 is 0 Å². The molecule has 90 valence electrons. The van der Waals surface area contributed by atoms with Crippen molar-refractivity contribution in [2.24, 2.45) is 7.05 Å². The van der Waals surface area contributed by atoms with Gasteiger partial charge in [0.25, 0.3) is 5.56 Å². The summed E-state index contributed by atoms with van der Waals surface area (Å²) in [5.74, 6) is 0. The van der Waals surface area contributed by atoms with Crippen molar-refractivity contribution in [3.05, 3.63) is 39.8 Å². The first kappa shape index (κ1) is 11.3. The minimum Gasteiger partial charge on any atom is -0.397 e. The molecule has 0 amide bonds. The van der Waals surface area contributed by atoms with Crippen LogP contribution in [-0.4, -0.2) is 9.36 Å². The van der Waals surface area contributed by atoms with Crippen LogP contribution < -0.4 is 17.0 Å². The Labute approximate surface area is 99.2 Å². The van der Waals surface area contributed by atoms with Gasteiger partial charge < -0.3 is 11.5 Å². The van der Waals surface area contributed by atoms with Crippen LogP contribution in [0.1, 0.15) is 11.3 Å². The lowest BCUT2D eigenvalue weighted by atomic mass is 10.2.